The van der Waals surface area contributed by atoms with Crippen molar-refractivity contribution in [3.05, 3.63) is 64.2 Å². The smallest absolute Gasteiger partial charge is 0.344 e. The number of hydrazone groups is 1. The quantitative estimate of drug-likeness (QED) is 0.336. The van der Waals surface area contributed by atoms with Crippen molar-refractivity contribution < 1.29 is 19.2 Å². The number of nitrogens with one attached hydrogen (secondary N) is 1. The van der Waals surface area contributed by atoms with Gasteiger partial charge in [-0.1, -0.05) is 0 Å². The van der Waals surface area contributed by atoms with Gasteiger partial charge in [0.25, 0.3) is 5.69 Å². The molecule has 0 saturated carbocycles. The number of nitro groups is 1. The number of benzene rings is 2. The van der Waals surface area contributed by atoms with Gasteiger partial charge in [0, 0.05) is 12.1 Å². The summed E-state index contributed by atoms with van der Waals surface area (Å²) in [5.41, 5.74) is 4.26. The topological polar surface area (TPSA) is 103 Å². The zero-order valence-corrected chi connectivity index (χ0v) is 14.4. The lowest BCUT2D eigenvalue weighted by atomic mass is 10.2. The van der Waals surface area contributed by atoms with Gasteiger partial charge in [-0.05, 0) is 55.8 Å². The molecule has 1 N–H and O–H groups in total. The zero-order valence-electron chi connectivity index (χ0n) is 14.4. The highest BCUT2D eigenvalue weighted by molar-refractivity contribution is 5.80. The Labute approximate surface area is 150 Å². The lowest BCUT2D eigenvalue weighted by Gasteiger charge is -2.09. The molecule has 2 aromatic rings. The van der Waals surface area contributed by atoms with Crippen LogP contribution in [0.25, 0.3) is 0 Å². The summed E-state index contributed by atoms with van der Waals surface area (Å²) >= 11 is 0. The van der Waals surface area contributed by atoms with Crippen molar-refractivity contribution in [2.45, 2.75) is 20.0 Å². The summed E-state index contributed by atoms with van der Waals surface area (Å²) in [6.07, 6.45) is 1.42. The molecule has 0 aromatic heterocycles. The summed E-state index contributed by atoms with van der Waals surface area (Å²) in [6, 6.07) is 12.9. The van der Waals surface area contributed by atoms with Gasteiger partial charge in [-0.25, -0.2) is 4.79 Å². The van der Waals surface area contributed by atoms with Crippen LogP contribution in [-0.2, 0) is 9.53 Å². The highest BCUT2D eigenvalue weighted by Gasteiger charge is 2.06. The first-order valence-electron chi connectivity index (χ1n) is 7.90. The molecule has 0 radical (unpaired) electrons. The molecule has 0 aliphatic heterocycles. The molecule has 2 rings (SSSR count). The maximum Gasteiger partial charge on any atom is 0.344 e. The maximum atomic E-state index is 11.4. The van der Waals surface area contributed by atoms with Gasteiger partial charge < -0.3 is 9.47 Å². The largest absolute Gasteiger partial charge is 0.482 e. The van der Waals surface area contributed by atoms with E-state index in [0.29, 0.717) is 11.4 Å². The van der Waals surface area contributed by atoms with Gasteiger partial charge in [0.15, 0.2) is 6.61 Å². The second kappa shape index (κ2) is 9.16. The van der Waals surface area contributed by atoms with Crippen molar-refractivity contribution in [1.82, 2.24) is 0 Å². The van der Waals surface area contributed by atoms with E-state index in [1.807, 2.05) is 0 Å². The third kappa shape index (κ3) is 6.23. The van der Waals surface area contributed by atoms with E-state index in [1.165, 1.54) is 12.1 Å². The van der Waals surface area contributed by atoms with E-state index in [1.54, 1.807) is 56.5 Å². The van der Waals surface area contributed by atoms with Crippen molar-refractivity contribution in [2.75, 3.05) is 12.0 Å². The molecular formula is C18H19N3O5. The lowest BCUT2D eigenvalue weighted by molar-refractivity contribution is -0.384. The van der Waals surface area contributed by atoms with Gasteiger partial charge in [0.1, 0.15) is 5.75 Å². The van der Waals surface area contributed by atoms with Gasteiger partial charge in [0.2, 0.25) is 0 Å². The normalized spacial score (nSPS) is 10.7. The third-order valence-corrected chi connectivity index (χ3v) is 3.09. The number of carbonyl (C=O) groups is 1. The van der Waals surface area contributed by atoms with Crippen molar-refractivity contribution in [2.24, 2.45) is 5.10 Å². The zero-order chi connectivity index (χ0) is 18.9. The summed E-state index contributed by atoms with van der Waals surface area (Å²) in [5.74, 6) is 0.129. The van der Waals surface area contributed by atoms with Gasteiger partial charge in [-0.15, -0.1) is 0 Å². The Kier molecular flexibility index (Phi) is 6.67. The molecule has 0 aliphatic carbocycles. The van der Waals surface area contributed by atoms with Crippen LogP contribution < -0.4 is 10.2 Å². The molecule has 0 fully saturated rings. The second-order valence-electron chi connectivity index (χ2n) is 5.57. The number of anilines is 1. The molecule has 2 aromatic carbocycles. The number of esters is 1. The highest BCUT2D eigenvalue weighted by Crippen LogP contribution is 2.15. The third-order valence-electron chi connectivity index (χ3n) is 3.09. The summed E-state index contributed by atoms with van der Waals surface area (Å²) in [5, 5.41) is 14.7. The van der Waals surface area contributed by atoms with Crippen LogP contribution in [0.5, 0.6) is 5.75 Å². The molecule has 136 valence electrons. The predicted molar refractivity (Wildman–Crippen MR) is 97.5 cm³/mol. The molecule has 0 spiro atoms. The predicted octanol–water partition coefficient (Wildman–Crippen LogP) is 3.37. The van der Waals surface area contributed by atoms with E-state index in [4.69, 9.17) is 9.47 Å². The molecule has 0 amide bonds. The van der Waals surface area contributed by atoms with Gasteiger partial charge >= 0.3 is 5.97 Å². The summed E-state index contributed by atoms with van der Waals surface area (Å²) in [4.78, 5) is 21.5. The molecule has 0 heterocycles. The molecule has 8 heteroatoms. The van der Waals surface area contributed by atoms with Crippen LogP contribution in [0.15, 0.2) is 53.6 Å². The molecule has 0 atom stereocenters. The van der Waals surface area contributed by atoms with Crippen LogP contribution in [0.2, 0.25) is 0 Å². The monoisotopic (exact) mass is 357 g/mol. The number of rotatable bonds is 8. The van der Waals surface area contributed by atoms with E-state index >= 15 is 0 Å². The number of hydrogen-bond acceptors (Lipinski definition) is 7. The van der Waals surface area contributed by atoms with Crippen LogP contribution in [0.3, 0.4) is 0 Å². The number of nitrogens with zero attached hydrogens (tertiary/aromatic N) is 2. The van der Waals surface area contributed by atoms with E-state index in [9.17, 15) is 14.9 Å². The average molecular weight is 357 g/mol. The Morgan fingerprint density at radius 1 is 1.19 bits per heavy atom. The van der Waals surface area contributed by atoms with Gasteiger partial charge in [0.05, 0.1) is 22.9 Å². The molecule has 0 unspecified atom stereocenters. The van der Waals surface area contributed by atoms with E-state index < -0.39 is 10.9 Å². The van der Waals surface area contributed by atoms with Crippen LogP contribution in [0.4, 0.5) is 11.4 Å². The first-order valence-corrected chi connectivity index (χ1v) is 7.90. The summed E-state index contributed by atoms with van der Waals surface area (Å²) in [6.45, 7) is 3.40. The minimum absolute atomic E-state index is 0.0207. The van der Waals surface area contributed by atoms with E-state index in [2.05, 4.69) is 10.5 Å². The second-order valence-corrected chi connectivity index (χ2v) is 5.57. The average Bonchev–Trinajstić information content (AvgIpc) is 2.61. The van der Waals surface area contributed by atoms with Crippen molar-refractivity contribution in [1.29, 1.82) is 0 Å². The molecular weight excluding hydrogens is 338 g/mol. The Balaban J connectivity index is 1.83. The van der Waals surface area contributed by atoms with Crippen molar-refractivity contribution in [3.8, 4) is 5.75 Å². The Bertz CT molecular complexity index is 770. The van der Waals surface area contributed by atoms with Gasteiger partial charge in [-0.2, -0.15) is 5.10 Å². The first-order chi connectivity index (χ1) is 12.4. The standard InChI is InChI=1S/C18H19N3O5/c1-13(2)26-18(22)12-25-17-9-3-14(4-10-17)11-19-20-15-5-7-16(8-6-15)21(23)24/h3-11,13,20H,12H2,1-2H3/b19-11-. The van der Waals surface area contributed by atoms with Crippen LogP contribution in [0.1, 0.15) is 19.4 Å². The van der Waals surface area contributed by atoms with Crippen molar-refractivity contribution >= 4 is 23.6 Å². The number of carbonyl (C=O) groups excluding carboxylic acids is 1. The fourth-order valence-electron chi connectivity index (χ4n) is 1.93. The number of ether oxygens (including phenoxy) is 2. The number of hydrogen-bond donors (Lipinski definition) is 1. The Morgan fingerprint density at radius 2 is 1.85 bits per heavy atom. The molecule has 0 bridgehead atoms. The number of non-ortho nitro benzene ring substituents is 1. The summed E-state index contributed by atoms with van der Waals surface area (Å²) in [7, 11) is 0. The summed E-state index contributed by atoms with van der Waals surface area (Å²) < 4.78 is 10.3. The molecule has 8 nitrogen and oxygen atoms in total. The Hall–Kier alpha value is -3.42. The van der Waals surface area contributed by atoms with Crippen LogP contribution in [-0.4, -0.2) is 29.8 Å². The van der Waals surface area contributed by atoms with Crippen molar-refractivity contribution in [3.63, 3.8) is 0 Å². The SMILES string of the molecule is CC(C)OC(=O)COc1ccc(/C=N\Nc2ccc([N+](=O)[O-])cc2)cc1. The van der Waals surface area contributed by atoms with E-state index in [-0.39, 0.29) is 18.4 Å². The molecule has 0 saturated heterocycles. The minimum atomic E-state index is -0.459. The lowest BCUT2D eigenvalue weighted by Crippen LogP contribution is -2.18. The molecule has 0 aliphatic rings. The maximum absolute atomic E-state index is 11.4. The fourth-order valence-corrected chi connectivity index (χ4v) is 1.93. The fraction of sp³-hybridized carbons (Fsp3) is 0.222. The first kappa shape index (κ1) is 18.9. The molecule has 26 heavy (non-hydrogen) atoms. The number of nitro benzene ring substituents is 1. The van der Waals surface area contributed by atoms with E-state index in [0.717, 1.165) is 5.56 Å². The minimum Gasteiger partial charge on any atom is -0.482 e. The Morgan fingerprint density at radius 3 is 2.42 bits per heavy atom. The van der Waals surface area contributed by atoms with Crippen LogP contribution >= 0.6 is 0 Å². The van der Waals surface area contributed by atoms with Gasteiger partial charge in [-0.3, -0.25) is 15.5 Å². The highest BCUT2D eigenvalue weighted by atomic mass is 16.6. The van der Waals surface area contributed by atoms with Crippen LogP contribution in [0, 0.1) is 10.1 Å².